The van der Waals surface area contributed by atoms with Gasteiger partial charge in [-0.25, -0.2) is 4.39 Å². The molecule has 0 saturated carbocycles. The summed E-state index contributed by atoms with van der Waals surface area (Å²) in [7, 11) is 1.45. The Kier molecular flexibility index (Phi) is 3.11. The molecule has 0 aliphatic carbocycles. The highest BCUT2D eigenvalue weighted by Crippen LogP contribution is 2.22. The van der Waals surface area contributed by atoms with E-state index in [-0.39, 0.29) is 11.6 Å². The van der Waals surface area contributed by atoms with Gasteiger partial charge < -0.3 is 10.5 Å². The highest BCUT2D eigenvalue weighted by molar-refractivity contribution is 5.31. The molecule has 0 aliphatic heterocycles. The largest absolute Gasteiger partial charge is 0.494 e. The highest BCUT2D eigenvalue weighted by Gasteiger charge is 2.16. The molecule has 1 aromatic rings. The average molecular weight is 197 g/mol. The van der Waals surface area contributed by atoms with Crippen molar-refractivity contribution in [3.8, 4) is 5.75 Å². The van der Waals surface area contributed by atoms with Crippen LogP contribution in [0.15, 0.2) is 18.2 Å². The fourth-order valence-electron chi connectivity index (χ4n) is 1.34. The minimum absolute atomic E-state index is 0.270. The molecule has 0 unspecified atom stereocenters. The van der Waals surface area contributed by atoms with Gasteiger partial charge in [-0.3, -0.25) is 0 Å². The Labute approximate surface area is 83.9 Å². The van der Waals surface area contributed by atoms with E-state index in [4.69, 9.17) is 10.5 Å². The quantitative estimate of drug-likeness (QED) is 0.805. The molecule has 0 aromatic heterocycles. The maximum atomic E-state index is 13.6. The second kappa shape index (κ2) is 3.96. The fourth-order valence-corrected chi connectivity index (χ4v) is 1.34. The zero-order valence-corrected chi connectivity index (χ0v) is 8.80. The summed E-state index contributed by atoms with van der Waals surface area (Å²) < 4.78 is 18.5. The summed E-state index contributed by atoms with van der Waals surface area (Å²) >= 11 is 0. The van der Waals surface area contributed by atoms with Crippen LogP contribution in [0.5, 0.6) is 5.75 Å². The Morgan fingerprint density at radius 3 is 2.57 bits per heavy atom. The van der Waals surface area contributed by atoms with Crippen molar-refractivity contribution < 1.29 is 9.13 Å². The number of ether oxygens (including phenoxy) is 1. The number of methoxy groups -OCH3 is 1. The van der Waals surface area contributed by atoms with Gasteiger partial charge in [0.15, 0.2) is 11.6 Å². The predicted molar refractivity (Wildman–Crippen MR) is 54.9 cm³/mol. The van der Waals surface area contributed by atoms with Crippen molar-refractivity contribution in [1.82, 2.24) is 0 Å². The molecule has 2 N–H and O–H groups in total. The van der Waals surface area contributed by atoms with Crippen LogP contribution in [0.25, 0.3) is 0 Å². The van der Waals surface area contributed by atoms with E-state index in [0.717, 1.165) is 0 Å². The van der Waals surface area contributed by atoms with Crippen molar-refractivity contribution >= 4 is 0 Å². The molecule has 14 heavy (non-hydrogen) atoms. The maximum absolute atomic E-state index is 13.6. The summed E-state index contributed by atoms with van der Waals surface area (Å²) in [6.07, 6.45) is 0.496. The zero-order chi connectivity index (χ0) is 10.8. The van der Waals surface area contributed by atoms with Crippen LogP contribution in [0.4, 0.5) is 4.39 Å². The van der Waals surface area contributed by atoms with Gasteiger partial charge in [0.05, 0.1) is 7.11 Å². The Morgan fingerprint density at radius 1 is 1.43 bits per heavy atom. The summed E-state index contributed by atoms with van der Waals surface area (Å²) in [5, 5.41) is 0. The van der Waals surface area contributed by atoms with Crippen molar-refractivity contribution in [1.29, 1.82) is 0 Å². The minimum Gasteiger partial charge on any atom is -0.494 e. The molecule has 1 rings (SSSR count). The first-order valence-electron chi connectivity index (χ1n) is 4.54. The first kappa shape index (κ1) is 11.0. The standard InChI is InChI=1S/C11H16FNO/c1-11(2,13)7-8-5-4-6-9(14-3)10(8)12/h4-6H,7,13H2,1-3H3. The molecule has 0 aliphatic rings. The topological polar surface area (TPSA) is 35.2 Å². The normalized spacial score (nSPS) is 11.5. The summed E-state index contributed by atoms with van der Waals surface area (Å²) in [6.45, 7) is 3.73. The zero-order valence-electron chi connectivity index (χ0n) is 8.80. The SMILES string of the molecule is COc1cccc(CC(C)(C)N)c1F. The minimum atomic E-state index is -0.410. The lowest BCUT2D eigenvalue weighted by Crippen LogP contribution is -2.34. The van der Waals surface area contributed by atoms with Crippen LogP contribution < -0.4 is 10.5 Å². The van der Waals surface area contributed by atoms with Crippen LogP contribution in [0, 0.1) is 5.82 Å². The van der Waals surface area contributed by atoms with Gasteiger partial charge >= 0.3 is 0 Å². The Balaban J connectivity index is 2.98. The van der Waals surface area contributed by atoms with E-state index >= 15 is 0 Å². The summed E-state index contributed by atoms with van der Waals surface area (Å²) in [5.74, 6) is -0.0414. The van der Waals surface area contributed by atoms with Gasteiger partial charge in [0, 0.05) is 5.54 Å². The highest BCUT2D eigenvalue weighted by atomic mass is 19.1. The summed E-state index contributed by atoms with van der Waals surface area (Å²) in [4.78, 5) is 0. The lowest BCUT2D eigenvalue weighted by atomic mass is 9.96. The van der Waals surface area contributed by atoms with Gasteiger partial charge in [-0.15, -0.1) is 0 Å². The molecule has 0 bridgehead atoms. The second-order valence-electron chi connectivity index (χ2n) is 4.10. The number of nitrogens with two attached hydrogens (primary N) is 1. The Morgan fingerprint density at radius 2 is 2.07 bits per heavy atom. The van der Waals surface area contributed by atoms with Crippen LogP contribution in [0.3, 0.4) is 0 Å². The van der Waals surface area contributed by atoms with Crippen LogP contribution in [-0.2, 0) is 6.42 Å². The Bertz CT molecular complexity index is 318. The predicted octanol–water partition coefficient (Wildman–Crippen LogP) is 2.11. The third-order valence-corrected chi connectivity index (χ3v) is 1.91. The van der Waals surface area contributed by atoms with Crippen molar-refractivity contribution in [3.63, 3.8) is 0 Å². The molecule has 0 atom stereocenters. The van der Waals surface area contributed by atoms with Crippen molar-refractivity contribution in [3.05, 3.63) is 29.6 Å². The first-order chi connectivity index (χ1) is 6.44. The molecular formula is C11H16FNO. The van der Waals surface area contributed by atoms with Gasteiger partial charge in [-0.1, -0.05) is 12.1 Å². The van der Waals surface area contributed by atoms with E-state index in [1.807, 2.05) is 13.8 Å². The molecule has 1 aromatic carbocycles. The second-order valence-corrected chi connectivity index (χ2v) is 4.10. The monoisotopic (exact) mass is 197 g/mol. The molecule has 0 saturated heterocycles. The van der Waals surface area contributed by atoms with Gasteiger partial charge in [0.1, 0.15) is 0 Å². The summed E-state index contributed by atoms with van der Waals surface area (Å²) in [5.41, 5.74) is 6.01. The smallest absolute Gasteiger partial charge is 0.168 e. The lowest BCUT2D eigenvalue weighted by Gasteiger charge is -2.19. The van der Waals surface area contributed by atoms with E-state index in [2.05, 4.69) is 0 Å². The number of benzene rings is 1. The van der Waals surface area contributed by atoms with E-state index in [9.17, 15) is 4.39 Å². The third-order valence-electron chi connectivity index (χ3n) is 1.91. The molecular weight excluding hydrogens is 181 g/mol. The van der Waals surface area contributed by atoms with E-state index in [1.54, 1.807) is 18.2 Å². The van der Waals surface area contributed by atoms with Gasteiger partial charge in [-0.2, -0.15) is 0 Å². The Hall–Kier alpha value is -1.09. The first-order valence-corrected chi connectivity index (χ1v) is 4.54. The van der Waals surface area contributed by atoms with Gasteiger partial charge in [0.2, 0.25) is 0 Å². The molecule has 0 radical (unpaired) electrons. The van der Waals surface area contributed by atoms with Gasteiger partial charge in [-0.05, 0) is 31.9 Å². The van der Waals surface area contributed by atoms with Crippen LogP contribution in [-0.4, -0.2) is 12.6 Å². The molecule has 0 amide bonds. The maximum Gasteiger partial charge on any atom is 0.168 e. The average Bonchev–Trinajstić information content (AvgIpc) is 2.06. The van der Waals surface area contributed by atoms with Crippen molar-refractivity contribution in [2.75, 3.05) is 7.11 Å². The van der Waals surface area contributed by atoms with Crippen LogP contribution in [0.1, 0.15) is 19.4 Å². The van der Waals surface area contributed by atoms with Gasteiger partial charge in [0.25, 0.3) is 0 Å². The van der Waals surface area contributed by atoms with Crippen molar-refractivity contribution in [2.45, 2.75) is 25.8 Å². The van der Waals surface area contributed by atoms with Crippen molar-refractivity contribution in [2.24, 2.45) is 5.73 Å². The molecule has 0 heterocycles. The van der Waals surface area contributed by atoms with E-state index < -0.39 is 5.54 Å². The number of rotatable bonds is 3. The van der Waals surface area contributed by atoms with E-state index in [0.29, 0.717) is 12.0 Å². The number of halogens is 1. The van der Waals surface area contributed by atoms with Crippen LogP contribution >= 0.6 is 0 Å². The lowest BCUT2D eigenvalue weighted by molar-refractivity contribution is 0.381. The fraction of sp³-hybridized carbons (Fsp3) is 0.455. The molecule has 2 nitrogen and oxygen atoms in total. The van der Waals surface area contributed by atoms with E-state index in [1.165, 1.54) is 7.11 Å². The molecule has 0 spiro atoms. The third kappa shape index (κ3) is 2.70. The summed E-state index contributed by atoms with van der Waals surface area (Å²) in [6, 6.07) is 5.10. The van der Waals surface area contributed by atoms with Crippen LogP contribution in [0.2, 0.25) is 0 Å². The molecule has 3 heteroatoms. The number of hydrogen-bond donors (Lipinski definition) is 1. The molecule has 78 valence electrons. The number of hydrogen-bond acceptors (Lipinski definition) is 2. The molecule has 0 fully saturated rings.